The summed E-state index contributed by atoms with van der Waals surface area (Å²) in [5.74, 6) is 0.839. The number of nitrogens with zero attached hydrogens (tertiary/aromatic N) is 3. The fraction of sp³-hybridized carbons (Fsp3) is 0.133. The summed E-state index contributed by atoms with van der Waals surface area (Å²) >= 11 is 1.66. The van der Waals surface area contributed by atoms with E-state index in [1.54, 1.807) is 18.0 Å². The second-order valence-electron chi connectivity index (χ2n) is 4.31. The van der Waals surface area contributed by atoms with Crippen LogP contribution in [0.15, 0.2) is 59.0 Å². The topological polar surface area (TPSA) is 49.6 Å². The van der Waals surface area contributed by atoms with E-state index in [0.717, 1.165) is 33.3 Å². The number of hydrogen-bond donors (Lipinski definition) is 1. The highest BCUT2D eigenvalue weighted by Gasteiger charge is 2.11. The first-order valence-electron chi connectivity index (χ1n) is 6.33. The molecule has 0 amide bonds. The number of benzene rings is 1. The lowest BCUT2D eigenvalue weighted by molar-refractivity contribution is 1.13. The van der Waals surface area contributed by atoms with E-state index in [2.05, 4.69) is 50.8 Å². The minimum absolute atomic E-state index is 0.839. The molecule has 5 heteroatoms. The molecule has 0 spiro atoms. The first-order chi connectivity index (χ1) is 9.86. The molecule has 0 saturated heterocycles. The van der Waals surface area contributed by atoms with E-state index < -0.39 is 0 Å². The summed E-state index contributed by atoms with van der Waals surface area (Å²) < 4.78 is 0. The number of pyridine rings is 1. The first-order valence-corrected chi connectivity index (χ1v) is 7.31. The lowest BCUT2D eigenvalue weighted by Gasteiger charge is -2.11. The zero-order valence-electron chi connectivity index (χ0n) is 11.1. The highest BCUT2D eigenvalue weighted by atomic mass is 32.2. The van der Waals surface area contributed by atoms with Crippen LogP contribution in [0.1, 0.15) is 5.56 Å². The second-order valence-corrected chi connectivity index (χ2v) is 5.27. The molecule has 1 aliphatic rings. The zero-order valence-corrected chi connectivity index (χ0v) is 11.9. The molecule has 2 aromatic rings. The standard InChI is InChI=1S/C15H14N4S/c1-16-15-19-18-14(10-20-15)12-6-4-11(5-7-12)13-3-2-8-17-9-13/h2-9H,10H2,1H3,(H,16,19). The predicted molar refractivity (Wildman–Crippen MR) is 85.2 cm³/mol. The Bertz CT molecular complexity index is 647. The predicted octanol–water partition coefficient (Wildman–Crippen LogP) is 2.77. The van der Waals surface area contributed by atoms with Crippen molar-refractivity contribution in [1.82, 2.24) is 10.3 Å². The van der Waals surface area contributed by atoms with E-state index in [1.165, 1.54) is 0 Å². The molecule has 0 radical (unpaired) electrons. The molecule has 0 fully saturated rings. The van der Waals surface area contributed by atoms with E-state index in [4.69, 9.17) is 0 Å². The molecule has 0 bridgehead atoms. The molecule has 0 unspecified atom stereocenters. The Hall–Kier alpha value is -2.14. The Kier molecular flexibility index (Phi) is 3.78. The van der Waals surface area contributed by atoms with Crippen molar-refractivity contribution in [2.45, 2.75) is 0 Å². The zero-order chi connectivity index (χ0) is 13.8. The van der Waals surface area contributed by atoms with Gasteiger partial charge in [-0.15, -0.1) is 5.10 Å². The molecule has 1 N–H and O–H groups in total. The van der Waals surface area contributed by atoms with Gasteiger partial charge in [-0.05, 0) is 22.8 Å². The van der Waals surface area contributed by atoms with E-state index in [-0.39, 0.29) is 0 Å². The molecule has 2 heterocycles. The quantitative estimate of drug-likeness (QED) is 0.921. The SMILES string of the molecule is CNC1=NN=C(c2ccc(-c3cccnc3)cc2)CS1. The van der Waals surface area contributed by atoms with Crippen LogP contribution < -0.4 is 5.32 Å². The van der Waals surface area contributed by atoms with Crippen molar-refractivity contribution in [3.8, 4) is 11.1 Å². The van der Waals surface area contributed by atoms with Crippen LogP contribution in [0.2, 0.25) is 0 Å². The van der Waals surface area contributed by atoms with Gasteiger partial charge >= 0.3 is 0 Å². The van der Waals surface area contributed by atoms with Crippen LogP contribution >= 0.6 is 11.8 Å². The summed E-state index contributed by atoms with van der Waals surface area (Å²) in [5, 5.41) is 12.3. The van der Waals surface area contributed by atoms with Gasteiger partial charge in [0.05, 0.1) is 5.71 Å². The third-order valence-electron chi connectivity index (χ3n) is 3.03. The van der Waals surface area contributed by atoms with E-state index in [0.29, 0.717) is 0 Å². The highest BCUT2D eigenvalue weighted by Crippen LogP contribution is 2.20. The number of hydrogen-bond acceptors (Lipinski definition) is 5. The maximum Gasteiger partial charge on any atom is 0.183 e. The number of nitrogens with one attached hydrogen (secondary N) is 1. The second kappa shape index (κ2) is 5.88. The fourth-order valence-electron chi connectivity index (χ4n) is 1.95. The number of rotatable bonds is 2. The summed E-state index contributed by atoms with van der Waals surface area (Å²) in [6.07, 6.45) is 3.65. The van der Waals surface area contributed by atoms with Crippen LogP contribution in [0.5, 0.6) is 0 Å². The van der Waals surface area contributed by atoms with Crippen LogP contribution in [-0.2, 0) is 0 Å². The van der Waals surface area contributed by atoms with Gasteiger partial charge in [-0.25, -0.2) is 0 Å². The summed E-state index contributed by atoms with van der Waals surface area (Å²) in [4.78, 5) is 4.14. The molecule has 20 heavy (non-hydrogen) atoms. The molecule has 3 rings (SSSR count). The normalized spacial score (nSPS) is 14.4. The molecule has 0 aliphatic carbocycles. The van der Waals surface area contributed by atoms with Gasteiger partial charge in [-0.1, -0.05) is 42.1 Å². The van der Waals surface area contributed by atoms with Crippen molar-refractivity contribution in [1.29, 1.82) is 0 Å². The van der Waals surface area contributed by atoms with Gasteiger partial charge in [0.15, 0.2) is 5.17 Å². The maximum atomic E-state index is 4.26. The van der Waals surface area contributed by atoms with Gasteiger partial charge in [0, 0.05) is 25.2 Å². The lowest BCUT2D eigenvalue weighted by atomic mass is 10.0. The van der Waals surface area contributed by atoms with E-state index in [1.807, 2.05) is 19.3 Å². The minimum Gasteiger partial charge on any atom is -0.366 e. The average Bonchev–Trinajstić information content (AvgIpc) is 2.56. The Balaban J connectivity index is 1.84. The Morgan fingerprint density at radius 3 is 2.40 bits per heavy atom. The average molecular weight is 282 g/mol. The third kappa shape index (κ3) is 2.72. The number of thioether (sulfide) groups is 1. The molecule has 1 aromatic heterocycles. The lowest BCUT2D eigenvalue weighted by Crippen LogP contribution is -2.20. The van der Waals surface area contributed by atoms with E-state index in [9.17, 15) is 0 Å². The maximum absolute atomic E-state index is 4.26. The molecule has 100 valence electrons. The van der Waals surface area contributed by atoms with Crippen molar-refractivity contribution < 1.29 is 0 Å². The summed E-state index contributed by atoms with van der Waals surface area (Å²) in [6, 6.07) is 12.4. The molecular weight excluding hydrogens is 268 g/mol. The smallest absolute Gasteiger partial charge is 0.183 e. The van der Waals surface area contributed by atoms with Crippen molar-refractivity contribution in [3.63, 3.8) is 0 Å². The highest BCUT2D eigenvalue weighted by molar-refractivity contribution is 8.14. The van der Waals surface area contributed by atoms with Gasteiger partial charge in [0.2, 0.25) is 0 Å². The van der Waals surface area contributed by atoms with Crippen molar-refractivity contribution in [2.75, 3.05) is 12.8 Å². The van der Waals surface area contributed by atoms with E-state index >= 15 is 0 Å². The number of amidine groups is 1. The van der Waals surface area contributed by atoms with Crippen LogP contribution in [0.4, 0.5) is 0 Å². The van der Waals surface area contributed by atoms with Gasteiger partial charge < -0.3 is 5.32 Å². The Labute approximate surface area is 122 Å². The van der Waals surface area contributed by atoms with Gasteiger partial charge in [0.25, 0.3) is 0 Å². The molecule has 4 nitrogen and oxygen atoms in total. The van der Waals surface area contributed by atoms with Crippen LogP contribution in [0.25, 0.3) is 11.1 Å². The van der Waals surface area contributed by atoms with Gasteiger partial charge in [0.1, 0.15) is 0 Å². The molecule has 1 aliphatic heterocycles. The van der Waals surface area contributed by atoms with Gasteiger partial charge in [-0.3, -0.25) is 4.98 Å². The molecule has 1 aromatic carbocycles. The minimum atomic E-state index is 0.839. The monoisotopic (exact) mass is 282 g/mol. The molecule has 0 saturated carbocycles. The summed E-state index contributed by atoms with van der Waals surface area (Å²) in [7, 11) is 1.86. The molecular formula is C15H14N4S. The summed E-state index contributed by atoms with van der Waals surface area (Å²) in [5.41, 5.74) is 4.40. The Morgan fingerprint density at radius 1 is 1.00 bits per heavy atom. The van der Waals surface area contributed by atoms with Crippen molar-refractivity contribution in [2.24, 2.45) is 10.2 Å². The van der Waals surface area contributed by atoms with Gasteiger partial charge in [-0.2, -0.15) is 5.10 Å². The number of aromatic nitrogens is 1. The van der Waals surface area contributed by atoms with Crippen molar-refractivity contribution in [3.05, 3.63) is 54.4 Å². The van der Waals surface area contributed by atoms with Crippen LogP contribution in [-0.4, -0.2) is 28.7 Å². The Morgan fingerprint density at radius 2 is 1.80 bits per heavy atom. The largest absolute Gasteiger partial charge is 0.366 e. The van der Waals surface area contributed by atoms with Crippen LogP contribution in [0, 0.1) is 0 Å². The summed E-state index contributed by atoms with van der Waals surface area (Å²) in [6.45, 7) is 0. The first kappa shape index (κ1) is 12.9. The third-order valence-corrected chi connectivity index (χ3v) is 4.01. The van der Waals surface area contributed by atoms with Crippen LogP contribution in [0.3, 0.4) is 0 Å². The van der Waals surface area contributed by atoms with Crippen molar-refractivity contribution >= 4 is 22.6 Å². The molecule has 0 atom stereocenters. The fourth-order valence-corrected chi connectivity index (χ4v) is 2.69.